The van der Waals surface area contributed by atoms with E-state index in [9.17, 15) is 9.59 Å². The highest BCUT2D eigenvalue weighted by molar-refractivity contribution is 9.10. The van der Waals surface area contributed by atoms with Crippen LogP contribution in [0.1, 0.15) is 15.9 Å². The number of ether oxygens (including phenoxy) is 1. The Morgan fingerprint density at radius 2 is 2.08 bits per heavy atom. The lowest BCUT2D eigenvalue weighted by molar-refractivity contribution is 0.0600. The van der Waals surface area contributed by atoms with Gasteiger partial charge >= 0.3 is 5.97 Å². The minimum Gasteiger partial charge on any atom is -0.465 e. The van der Waals surface area contributed by atoms with Gasteiger partial charge in [0.15, 0.2) is 0 Å². The number of methoxy groups -OCH3 is 1. The number of anilines is 1. The molecular formula is C17H14BrN3O3. The summed E-state index contributed by atoms with van der Waals surface area (Å²) >= 11 is 3.40. The summed E-state index contributed by atoms with van der Waals surface area (Å²) in [4.78, 5) is 29.2. The van der Waals surface area contributed by atoms with Gasteiger partial charge in [0.05, 0.1) is 30.2 Å². The van der Waals surface area contributed by atoms with Crippen molar-refractivity contribution in [1.29, 1.82) is 0 Å². The first-order chi connectivity index (χ1) is 11.5. The van der Waals surface area contributed by atoms with Crippen LogP contribution in [0, 0.1) is 6.92 Å². The third kappa shape index (κ3) is 2.46. The molecule has 3 aromatic rings. The smallest absolute Gasteiger partial charge is 0.345 e. The molecule has 3 rings (SSSR count). The molecule has 0 radical (unpaired) electrons. The van der Waals surface area contributed by atoms with Crippen LogP contribution in [-0.2, 0) is 4.74 Å². The first-order valence-corrected chi connectivity index (χ1v) is 7.88. The molecule has 0 bridgehead atoms. The number of hydrogen-bond donors (Lipinski definition) is 1. The fourth-order valence-electron chi connectivity index (χ4n) is 2.62. The molecule has 0 aliphatic heterocycles. The van der Waals surface area contributed by atoms with Gasteiger partial charge in [0.1, 0.15) is 5.56 Å². The third-order valence-corrected chi connectivity index (χ3v) is 4.31. The Bertz CT molecular complexity index is 1030. The number of hydrogen-bond acceptors (Lipinski definition) is 5. The Morgan fingerprint density at radius 1 is 1.33 bits per heavy atom. The maximum atomic E-state index is 13.0. The van der Waals surface area contributed by atoms with E-state index in [0.717, 1.165) is 10.0 Å². The molecular weight excluding hydrogens is 374 g/mol. The zero-order valence-corrected chi connectivity index (χ0v) is 14.6. The van der Waals surface area contributed by atoms with E-state index in [4.69, 9.17) is 10.5 Å². The van der Waals surface area contributed by atoms with Crippen molar-refractivity contribution < 1.29 is 9.53 Å². The van der Waals surface area contributed by atoms with Crippen LogP contribution in [0.2, 0.25) is 0 Å². The lowest BCUT2D eigenvalue weighted by atomic mass is 10.1. The maximum absolute atomic E-state index is 13.0. The second-order valence-corrected chi connectivity index (χ2v) is 6.16. The number of esters is 1. The molecule has 0 unspecified atom stereocenters. The number of pyridine rings is 2. The van der Waals surface area contributed by atoms with E-state index in [-0.39, 0.29) is 11.3 Å². The molecule has 2 N–H and O–H groups in total. The molecule has 24 heavy (non-hydrogen) atoms. The second-order valence-electron chi connectivity index (χ2n) is 5.24. The molecule has 0 fully saturated rings. The average molecular weight is 388 g/mol. The molecule has 2 aromatic heterocycles. The van der Waals surface area contributed by atoms with Crippen molar-refractivity contribution in [3.8, 4) is 5.69 Å². The van der Waals surface area contributed by atoms with Gasteiger partial charge in [-0.15, -0.1) is 0 Å². The first-order valence-electron chi connectivity index (χ1n) is 7.08. The summed E-state index contributed by atoms with van der Waals surface area (Å²) in [5, 5.41) is 0.585. The number of benzene rings is 1. The highest BCUT2D eigenvalue weighted by atomic mass is 79.9. The van der Waals surface area contributed by atoms with Crippen molar-refractivity contribution in [1.82, 2.24) is 9.55 Å². The summed E-state index contributed by atoms with van der Waals surface area (Å²) in [6.45, 7) is 1.86. The molecule has 1 aromatic carbocycles. The molecule has 0 amide bonds. The molecule has 0 aliphatic carbocycles. The van der Waals surface area contributed by atoms with E-state index in [2.05, 4.69) is 20.9 Å². The quantitative estimate of drug-likeness (QED) is 0.683. The second kappa shape index (κ2) is 6.09. The molecule has 6 nitrogen and oxygen atoms in total. The summed E-state index contributed by atoms with van der Waals surface area (Å²) in [5.41, 5.74) is 7.47. The molecule has 0 aliphatic rings. The van der Waals surface area contributed by atoms with E-state index in [0.29, 0.717) is 16.6 Å². The van der Waals surface area contributed by atoms with Crippen molar-refractivity contribution in [2.75, 3.05) is 12.8 Å². The van der Waals surface area contributed by atoms with E-state index in [1.165, 1.54) is 11.7 Å². The summed E-state index contributed by atoms with van der Waals surface area (Å²) in [5.74, 6) is -0.766. The Balaban J connectivity index is 2.56. The maximum Gasteiger partial charge on any atom is 0.345 e. The predicted molar refractivity (Wildman–Crippen MR) is 95.5 cm³/mol. The van der Waals surface area contributed by atoms with Crippen LogP contribution in [0.15, 0.2) is 45.9 Å². The number of nitrogens with two attached hydrogens (primary N) is 1. The number of halogens is 1. The number of carbonyl (C=O) groups is 1. The van der Waals surface area contributed by atoms with Crippen molar-refractivity contribution in [3.63, 3.8) is 0 Å². The average Bonchev–Trinajstić information content (AvgIpc) is 2.56. The van der Waals surface area contributed by atoms with Gasteiger partial charge in [-0.1, -0.05) is 15.9 Å². The summed E-state index contributed by atoms with van der Waals surface area (Å²) in [6, 6.07) is 7.12. The number of aromatic nitrogens is 2. The number of nitrogens with zero attached hydrogens (tertiary/aromatic N) is 2. The van der Waals surface area contributed by atoms with Crippen LogP contribution >= 0.6 is 15.9 Å². The van der Waals surface area contributed by atoms with Gasteiger partial charge in [0.25, 0.3) is 5.56 Å². The topological polar surface area (TPSA) is 87.2 Å². The SMILES string of the molecule is COC(=O)c1c(N)c2ccc(Br)cc2n(-c2cnccc2C)c1=O. The summed E-state index contributed by atoms with van der Waals surface area (Å²) in [6.07, 6.45) is 3.22. The predicted octanol–water partition coefficient (Wildman–Crippen LogP) is 2.83. The van der Waals surface area contributed by atoms with Gasteiger partial charge in [-0.05, 0) is 36.8 Å². The minimum absolute atomic E-state index is 0.104. The Kier molecular flexibility index (Phi) is 4.11. The highest BCUT2D eigenvalue weighted by Gasteiger charge is 2.22. The van der Waals surface area contributed by atoms with Gasteiger partial charge in [-0.3, -0.25) is 14.3 Å². The number of nitrogen functional groups attached to an aromatic ring is 1. The molecule has 7 heteroatoms. The molecule has 122 valence electrons. The van der Waals surface area contributed by atoms with Crippen molar-refractivity contribution in [3.05, 3.63) is 62.6 Å². The lowest BCUT2D eigenvalue weighted by Crippen LogP contribution is -2.28. The van der Waals surface area contributed by atoms with Crippen LogP contribution in [0.3, 0.4) is 0 Å². The van der Waals surface area contributed by atoms with Crippen LogP contribution in [-0.4, -0.2) is 22.6 Å². The zero-order chi connectivity index (χ0) is 17.4. The largest absolute Gasteiger partial charge is 0.465 e. The molecule has 0 saturated carbocycles. The molecule has 0 spiro atoms. The van der Waals surface area contributed by atoms with Crippen LogP contribution in [0.25, 0.3) is 16.6 Å². The van der Waals surface area contributed by atoms with Gasteiger partial charge < -0.3 is 10.5 Å². The lowest BCUT2D eigenvalue weighted by Gasteiger charge is -2.16. The van der Waals surface area contributed by atoms with E-state index < -0.39 is 11.5 Å². The van der Waals surface area contributed by atoms with E-state index in [1.807, 2.05) is 6.92 Å². The Hall–Kier alpha value is -2.67. The molecule has 0 saturated heterocycles. The van der Waals surface area contributed by atoms with Crippen molar-refractivity contribution >= 4 is 38.5 Å². The minimum atomic E-state index is -0.766. The van der Waals surface area contributed by atoms with Crippen molar-refractivity contribution in [2.24, 2.45) is 0 Å². The Labute approximate surface area is 146 Å². The first kappa shape index (κ1) is 16.2. The van der Waals surface area contributed by atoms with Gasteiger partial charge in [0.2, 0.25) is 0 Å². The van der Waals surface area contributed by atoms with E-state index >= 15 is 0 Å². The third-order valence-electron chi connectivity index (χ3n) is 3.82. The van der Waals surface area contributed by atoms with Crippen LogP contribution in [0.4, 0.5) is 5.69 Å². The van der Waals surface area contributed by atoms with E-state index in [1.54, 1.807) is 36.7 Å². The Morgan fingerprint density at radius 3 is 2.75 bits per heavy atom. The highest BCUT2D eigenvalue weighted by Crippen LogP contribution is 2.28. The van der Waals surface area contributed by atoms with Gasteiger partial charge in [-0.2, -0.15) is 0 Å². The number of aryl methyl sites for hydroxylation is 1. The monoisotopic (exact) mass is 387 g/mol. The number of rotatable bonds is 2. The zero-order valence-electron chi connectivity index (χ0n) is 13.0. The number of carbonyl (C=O) groups excluding carboxylic acids is 1. The standard InChI is InChI=1S/C17H14BrN3O3/c1-9-5-6-20-8-13(9)21-12-7-10(18)3-4-11(12)15(19)14(16(21)22)17(23)24-2/h3-8H,19H2,1-2H3. The van der Waals surface area contributed by atoms with Gasteiger partial charge in [0, 0.05) is 16.1 Å². The summed E-state index contributed by atoms with van der Waals surface area (Å²) in [7, 11) is 1.21. The summed E-state index contributed by atoms with van der Waals surface area (Å²) < 4.78 is 6.96. The van der Waals surface area contributed by atoms with Crippen molar-refractivity contribution in [2.45, 2.75) is 6.92 Å². The normalized spacial score (nSPS) is 10.8. The molecule has 2 heterocycles. The fourth-order valence-corrected chi connectivity index (χ4v) is 2.97. The fraction of sp³-hybridized carbons (Fsp3) is 0.118. The number of fused-ring (bicyclic) bond motifs is 1. The van der Waals surface area contributed by atoms with Crippen LogP contribution in [0.5, 0.6) is 0 Å². The molecule has 0 atom stereocenters. The van der Waals surface area contributed by atoms with Crippen LogP contribution < -0.4 is 11.3 Å². The van der Waals surface area contributed by atoms with Gasteiger partial charge in [-0.25, -0.2) is 4.79 Å².